The maximum Gasteiger partial charge on any atom is 0.244 e. The highest BCUT2D eigenvalue weighted by molar-refractivity contribution is 6.30. The molecule has 0 radical (unpaired) electrons. The van der Waals surface area contributed by atoms with E-state index in [1.165, 1.54) is 0 Å². The number of benzene rings is 2. The van der Waals surface area contributed by atoms with E-state index in [0.717, 1.165) is 16.7 Å². The smallest absolute Gasteiger partial charge is 0.244 e. The highest BCUT2D eigenvalue weighted by atomic mass is 35.5. The van der Waals surface area contributed by atoms with E-state index in [0.29, 0.717) is 10.8 Å². The molecule has 1 unspecified atom stereocenters. The molecule has 2 aromatic rings. The fourth-order valence-electron chi connectivity index (χ4n) is 2.36. The van der Waals surface area contributed by atoms with Gasteiger partial charge in [-0.1, -0.05) is 35.9 Å². The number of nitrogens with zero attached hydrogens (tertiary/aromatic N) is 1. The van der Waals surface area contributed by atoms with Gasteiger partial charge in [0.05, 0.1) is 0 Å². The molecule has 3 rings (SSSR count). The van der Waals surface area contributed by atoms with Gasteiger partial charge in [-0.2, -0.15) is 0 Å². The summed E-state index contributed by atoms with van der Waals surface area (Å²) in [6, 6.07) is 14.8. The topological polar surface area (TPSA) is 52.4 Å². The van der Waals surface area contributed by atoms with E-state index in [-0.39, 0.29) is 11.5 Å². The highest BCUT2D eigenvalue weighted by Crippen LogP contribution is 2.35. The molecule has 0 aliphatic carbocycles. The zero-order chi connectivity index (χ0) is 14.8. The lowest BCUT2D eigenvalue weighted by Crippen LogP contribution is -2.18. The predicted molar refractivity (Wildman–Crippen MR) is 81.5 cm³/mol. The van der Waals surface area contributed by atoms with Gasteiger partial charge in [0.2, 0.25) is 6.54 Å². The van der Waals surface area contributed by atoms with Gasteiger partial charge in [-0.3, -0.25) is 10.1 Å². The van der Waals surface area contributed by atoms with Crippen molar-refractivity contribution in [1.29, 1.82) is 0 Å². The molecule has 0 aromatic heterocycles. The van der Waals surface area contributed by atoms with Crippen LogP contribution in [0.3, 0.4) is 0 Å². The summed E-state index contributed by atoms with van der Waals surface area (Å²) in [6.45, 7) is -0.262. The molecule has 0 saturated carbocycles. The molecule has 1 aliphatic heterocycles. The van der Waals surface area contributed by atoms with Crippen LogP contribution in [-0.2, 0) is 4.74 Å². The quantitative estimate of drug-likeness (QED) is 0.631. The monoisotopic (exact) mass is 301 g/mol. The number of nitro groups is 1. The first-order valence-electron chi connectivity index (χ1n) is 6.48. The van der Waals surface area contributed by atoms with Crippen LogP contribution >= 0.6 is 11.6 Å². The van der Waals surface area contributed by atoms with Crippen LogP contribution < -0.4 is 0 Å². The van der Waals surface area contributed by atoms with E-state index in [9.17, 15) is 10.1 Å². The van der Waals surface area contributed by atoms with Crippen molar-refractivity contribution < 1.29 is 9.66 Å². The molecule has 0 spiro atoms. The van der Waals surface area contributed by atoms with Gasteiger partial charge in [0.15, 0.2) is 6.10 Å². The third-order valence-electron chi connectivity index (χ3n) is 3.34. The summed E-state index contributed by atoms with van der Waals surface area (Å²) in [5, 5.41) is 11.5. The molecule has 0 amide bonds. The third kappa shape index (κ3) is 2.90. The number of halogens is 1. The fourth-order valence-corrected chi connectivity index (χ4v) is 2.49. The van der Waals surface area contributed by atoms with Gasteiger partial charge >= 0.3 is 0 Å². The van der Waals surface area contributed by atoms with E-state index in [4.69, 9.17) is 16.3 Å². The van der Waals surface area contributed by atoms with Crippen LogP contribution in [0.4, 0.5) is 0 Å². The van der Waals surface area contributed by atoms with Crippen LogP contribution in [0.15, 0.2) is 48.5 Å². The largest absolute Gasteiger partial charge is 0.478 e. The second kappa shape index (κ2) is 5.58. The third-order valence-corrected chi connectivity index (χ3v) is 3.59. The van der Waals surface area contributed by atoms with Crippen molar-refractivity contribution in [2.24, 2.45) is 0 Å². The Hall–Kier alpha value is -2.33. The Bertz CT molecular complexity index is 710. The lowest BCUT2D eigenvalue weighted by atomic mass is 9.97. The molecule has 1 aliphatic rings. The molecule has 4 nitrogen and oxygen atoms in total. The second-order valence-electron chi connectivity index (χ2n) is 4.77. The van der Waals surface area contributed by atoms with Crippen molar-refractivity contribution in [2.45, 2.75) is 6.10 Å². The Balaban J connectivity index is 2.02. The molecule has 106 valence electrons. The number of hydrogen-bond acceptors (Lipinski definition) is 3. The summed E-state index contributed by atoms with van der Waals surface area (Å²) >= 11 is 5.88. The first-order valence-corrected chi connectivity index (χ1v) is 6.86. The number of fused-ring (bicyclic) bond motifs is 1. The molecule has 0 bridgehead atoms. The van der Waals surface area contributed by atoms with Crippen molar-refractivity contribution in [1.82, 2.24) is 0 Å². The maximum atomic E-state index is 10.9. The minimum atomic E-state index is -0.577. The van der Waals surface area contributed by atoms with E-state index < -0.39 is 6.10 Å². The van der Waals surface area contributed by atoms with Crippen LogP contribution in [0.5, 0.6) is 0 Å². The van der Waals surface area contributed by atoms with E-state index in [1.54, 1.807) is 12.1 Å². The Morgan fingerprint density at radius 1 is 1.14 bits per heavy atom. The Morgan fingerprint density at radius 2 is 1.86 bits per heavy atom. The lowest BCUT2D eigenvalue weighted by Gasteiger charge is -2.24. The average molecular weight is 302 g/mol. The van der Waals surface area contributed by atoms with Crippen molar-refractivity contribution in [3.8, 4) is 0 Å². The summed E-state index contributed by atoms with van der Waals surface area (Å²) < 4.78 is 5.83. The summed E-state index contributed by atoms with van der Waals surface area (Å²) in [4.78, 5) is 10.5. The first kappa shape index (κ1) is 13.6. The normalized spacial score (nSPS) is 16.6. The van der Waals surface area contributed by atoms with Gasteiger partial charge < -0.3 is 4.74 Å². The molecule has 1 atom stereocenters. The Morgan fingerprint density at radius 3 is 2.57 bits per heavy atom. The van der Waals surface area contributed by atoms with Gasteiger partial charge in [0.1, 0.15) is 5.76 Å². The molecule has 1 heterocycles. The number of rotatable bonds is 3. The summed E-state index contributed by atoms with van der Waals surface area (Å²) in [7, 11) is 0. The summed E-state index contributed by atoms with van der Waals surface area (Å²) in [5.41, 5.74) is 2.63. The number of hydrogen-bond donors (Lipinski definition) is 0. The summed E-state index contributed by atoms with van der Waals surface area (Å²) in [5.74, 6) is 0.622. The first-order chi connectivity index (χ1) is 10.1. The predicted octanol–water partition coefficient (Wildman–Crippen LogP) is 4.19. The lowest BCUT2D eigenvalue weighted by molar-refractivity contribution is -0.491. The second-order valence-corrected chi connectivity index (χ2v) is 5.20. The molecular weight excluding hydrogens is 290 g/mol. The van der Waals surface area contributed by atoms with E-state index >= 15 is 0 Å². The van der Waals surface area contributed by atoms with Crippen LogP contribution in [0.1, 0.15) is 22.8 Å². The van der Waals surface area contributed by atoms with Crippen molar-refractivity contribution >= 4 is 23.4 Å². The van der Waals surface area contributed by atoms with Crippen LogP contribution in [0, 0.1) is 10.1 Å². The summed E-state index contributed by atoms with van der Waals surface area (Å²) in [6.07, 6.45) is 1.32. The molecule has 21 heavy (non-hydrogen) atoms. The number of ether oxygens (including phenoxy) is 1. The van der Waals surface area contributed by atoms with Gasteiger partial charge in [-0.15, -0.1) is 0 Å². The van der Waals surface area contributed by atoms with Crippen LogP contribution in [-0.4, -0.2) is 11.5 Å². The highest BCUT2D eigenvalue weighted by Gasteiger charge is 2.27. The van der Waals surface area contributed by atoms with Gasteiger partial charge in [0.25, 0.3) is 0 Å². The maximum absolute atomic E-state index is 10.9. The zero-order valence-corrected chi connectivity index (χ0v) is 11.8. The zero-order valence-electron chi connectivity index (χ0n) is 11.0. The van der Waals surface area contributed by atoms with E-state index in [1.807, 2.05) is 42.5 Å². The van der Waals surface area contributed by atoms with Crippen LogP contribution in [0.25, 0.3) is 11.8 Å². The SMILES string of the molecule is O=[N+]([O-])CC1OC(c2ccc(Cl)cc2)=Cc2ccccc21. The van der Waals surface area contributed by atoms with Crippen molar-refractivity contribution in [2.75, 3.05) is 6.54 Å². The molecule has 0 saturated heterocycles. The van der Waals surface area contributed by atoms with Gasteiger partial charge in [-0.05, 0) is 35.9 Å². The van der Waals surface area contributed by atoms with Crippen molar-refractivity contribution in [3.05, 3.63) is 80.4 Å². The molecule has 2 aromatic carbocycles. The van der Waals surface area contributed by atoms with E-state index in [2.05, 4.69) is 0 Å². The minimum absolute atomic E-state index is 0.262. The van der Waals surface area contributed by atoms with Crippen molar-refractivity contribution in [3.63, 3.8) is 0 Å². The Kier molecular flexibility index (Phi) is 3.62. The van der Waals surface area contributed by atoms with Gasteiger partial charge in [0, 0.05) is 21.1 Å². The molecular formula is C16H12ClNO3. The van der Waals surface area contributed by atoms with Gasteiger partial charge in [-0.25, -0.2) is 0 Å². The Labute approximate surface area is 126 Å². The fraction of sp³-hybridized carbons (Fsp3) is 0.125. The molecule has 5 heteroatoms. The minimum Gasteiger partial charge on any atom is -0.478 e. The van der Waals surface area contributed by atoms with Crippen LogP contribution in [0.2, 0.25) is 5.02 Å². The average Bonchev–Trinajstić information content (AvgIpc) is 2.47. The standard InChI is InChI=1S/C16H12ClNO3/c17-13-7-5-11(6-8-13)15-9-12-3-1-2-4-14(12)16(21-15)10-18(19)20/h1-9,16H,10H2. The molecule has 0 N–H and O–H groups in total. The molecule has 0 fully saturated rings.